The van der Waals surface area contributed by atoms with Crippen LogP contribution in [0.2, 0.25) is 0 Å². The van der Waals surface area contributed by atoms with Crippen LogP contribution in [0.1, 0.15) is 27.7 Å². The molecule has 4 heteroatoms. The molecular formula is C20H26O3S. The Balaban J connectivity index is 2.17. The Morgan fingerprint density at radius 1 is 0.875 bits per heavy atom. The number of benzene rings is 2. The third-order valence-corrected chi connectivity index (χ3v) is 5.46. The van der Waals surface area contributed by atoms with Gasteiger partial charge in [-0.15, -0.1) is 0 Å². The summed E-state index contributed by atoms with van der Waals surface area (Å²) in [5.74, 6) is 5.49. The van der Waals surface area contributed by atoms with E-state index in [4.69, 9.17) is 9.47 Å². The first-order valence-electron chi connectivity index (χ1n) is 8.05. The molecule has 3 nitrogen and oxygen atoms in total. The van der Waals surface area contributed by atoms with Gasteiger partial charge >= 0.3 is 0 Å². The van der Waals surface area contributed by atoms with E-state index in [0.29, 0.717) is 23.0 Å². The molecule has 0 saturated heterocycles. The lowest BCUT2D eigenvalue weighted by molar-refractivity contribution is 0.198. The monoisotopic (exact) mass is 346 g/mol. The molecular weight excluding hydrogens is 320 g/mol. The van der Waals surface area contributed by atoms with Crippen LogP contribution in [-0.2, 0) is 9.52 Å². The highest BCUT2D eigenvalue weighted by molar-refractivity contribution is 8.00. The highest BCUT2D eigenvalue weighted by atomic mass is 32.2. The molecule has 0 heterocycles. The Morgan fingerprint density at radius 3 is 1.67 bits per heavy atom. The maximum Gasteiger partial charge on any atom is 0.119 e. The maximum atomic E-state index is 13.1. The zero-order valence-electron chi connectivity index (χ0n) is 14.9. The minimum Gasteiger partial charge on any atom is -0.494 e. The van der Waals surface area contributed by atoms with Gasteiger partial charge in [0.15, 0.2) is 0 Å². The van der Waals surface area contributed by atoms with Crippen molar-refractivity contribution >= 4 is 15.4 Å². The molecule has 0 aliphatic rings. The molecule has 0 fully saturated rings. The molecule has 0 aromatic heterocycles. The third kappa shape index (κ3) is 4.78. The molecule has 1 atom stereocenters. The maximum absolute atomic E-state index is 13.1. The van der Waals surface area contributed by atoms with Gasteiger partial charge in [0, 0.05) is 19.3 Å². The Labute approximate surface area is 145 Å². The van der Waals surface area contributed by atoms with Gasteiger partial charge < -0.3 is 9.47 Å². The van der Waals surface area contributed by atoms with E-state index in [2.05, 4.69) is 26.6 Å². The minimum absolute atomic E-state index is 0.0980. The van der Waals surface area contributed by atoms with Gasteiger partial charge in [-0.25, -0.2) is 0 Å². The summed E-state index contributed by atoms with van der Waals surface area (Å²) in [4.78, 5) is 1.38. The lowest BCUT2D eigenvalue weighted by atomic mass is 9.99. The van der Waals surface area contributed by atoms with Crippen molar-refractivity contribution in [3.63, 3.8) is 0 Å². The predicted molar refractivity (Wildman–Crippen MR) is 101 cm³/mol. The molecule has 2 rings (SSSR count). The van der Waals surface area contributed by atoms with Crippen molar-refractivity contribution < 1.29 is 13.7 Å². The van der Waals surface area contributed by atoms with E-state index in [-0.39, 0.29) is 5.41 Å². The number of rotatable bonds is 6. The molecule has 130 valence electrons. The summed E-state index contributed by atoms with van der Waals surface area (Å²) in [6.07, 6.45) is 0. The second-order valence-corrected chi connectivity index (χ2v) is 9.19. The Kier molecular flexibility index (Phi) is 5.60. The lowest BCUT2D eigenvalue weighted by Gasteiger charge is -2.19. The molecule has 2 aromatic carbocycles. The largest absolute Gasteiger partial charge is 0.494 e. The Bertz CT molecular complexity index is 752. The summed E-state index contributed by atoms with van der Waals surface area (Å²) in [5.41, 5.74) is 0.0980. The van der Waals surface area contributed by atoms with Gasteiger partial charge in [-0.2, -0.15) is 0 Å². The average Bonchev–Trinajstić information content (AvgIpc) is 2.53. The fourth-order valence-corrected chi connectivity index (χ4v) is 3.54. The van der Waals surface area contributed by atoms with Crippen LogP contribution < -0.4 is 9.47 Å². The zero-order chi connectivity index (χ0) is 17.8. The van der Waals surface area contributed by atoms with Crippen LogP contribution in [0.4, 0.5) is 0 Å². The summed E-state index contributed by atoms with van der Waals surface area (Å²) in [7, 11) is -2.54. The van der Waals surface area contributed by atoms with Gasteiger partial charge in [0.2, 0.25) is 0 Å². The Morgan fingerprint density at radius 2 is 1.29 bits per heavy atom. The SMILES string of the molecule is C=S(=O)(c1ccc(OCC)cc1)c1ccc(OCC(C)(C)C)cc1. The molecule has 0 N–H and O–H groups in total. The summed E-state index contributed by atoms with van der Waals surface area (Å²) < 4.78 is 24.3. The first-order chi connectivity index (χ1) is 11.2. The van der Waals surface area contributed by atoms with Gasteiger partial charge in [-0.3, -0.25) is 4.21 Å². The van der Waals surface area contributed by atoms with Crippen LogP contribution in [0.25, 0.3) is 0 Å². The van der Waals surface area contributed by atoms with Crippen molar-refractivity contribution in [2.75, 3.05) is 13.2 Å². The molecule has 2 aromatic rings. The fourth-order valence-electron chi connectivity index (χ4n) is 2.11. The third-order valence-electron chi connectivity index (χ3n) is 3.39. The second-order valence-electron chi connectivity index (χ2n) is 6.90. The van der Waals surface area contributed by atoms with Crippen LogP contribution in [0, 0.1) is 5.41 Å². The summed E-state index contributed by atoms with van der Waals surface area (Å²) in [6.45, 7) is 9.53. The van der Waals surface area contributed by atoms with Gasteiger partial charge in [0.1, 0.15) is 11.5 Å². The van der Waals surface area contributed by atoms with Gasteiger partial charge in [-0.05, 0) is 66.7 Å². The van der Waals surface area contributed by atoms with E-state index in [9.17, 15) is 4.21 Å². The van der Waals surface area contributed by atoms with Crippen molar-refractivity contribution in [3.05, 3.63) is 48.5 Å². The van der Waals surface area contributed by atoms with Crippen molar-refractivity contribution in [2.45, 2.75) is 37.5 Å². The van der Waals surface area contributed by atoms with E-state index in [1.165, 1.54) is 0 Å². The van der Waals surface area contributed by atoms with E-state index < -0.39 is 9.52 Å². The fraction of sp³-hybridized carbons (Fsp3) is 0.350. The second kappa shape index (κ2) is 7.31. The van der Waals surface area contributed by atoms with Crippen molar-refractivity contribution in [3.8, 4) is 11.5 Å². The molecule has 0 radical (unpaired) electrons. The lowest BCUT2D eigenvalue weighted by Crippen LogP contribution is -2.16. The zero-order valence-corrected chi connectivity index (χ0v) is 15.7. The van der Waals surface area contributed by atoms with Crippen molar-refractivity contribution in [1.29, 1.82) is 0 Å². The summed E-state index contributed by atoms with van der Waals surface area (Å²) >= 11 is 0. The number of ether oxygens (including phenoxy) is 2. The topological polar surface area (TPSA) is 35.5 Å². The number of hydrogen-bond donors (Lipinski definition) is 0. The van der Waals surface area contributed by atoms with E-state index >= 15 is 0 Å². The molecule has 0 aliphatic heterocycles. The summed E-state index contributed by atoms with van der Waals surface area (Å²) in [5, 5.41) is 0. The molecule has 0 saturated carbocycles. The van der Waals surface area contributed by atoms with Crippen molar-refractivity contribution in [1.82, 2.24) is 0 Å². The van der Waals surface area contributed by atoms with Crippen LogP contribution in [-0.4, -0.2) is 23.3 Å². The van der Waals surface area contributed by atoms with Crippen LogP contribution >= 0.6 is 0 Å². The average molecular weight is 346 g/mol. The normalized spacial score (nSPS) is 14.0. The van der Waals surface area contributed by atoms with E-state index in [1.807, 2.05) is 55.5 Å². The Hall–Kier alpha value is -1.94. The molecule has 0 aliphatic carbocycles. The highest BCUT2D eigenvalue weighted by Gasteiger charge is 2.13. The van der Waals surface area contributed by atoms with Gasteiger partial charge in [-0.1, -0.05) is 20.8 Å². The van der Waals surface area contributed by atoms with Gasteiger partial charge in [0.05, 0.1) is 13.2 Å². The quantitative estimate of drug-likeness (QED) is 0.715. The molecule has 0 bridgehead atoms. The molecule has 1 unspecified atom stereocenters. The van der Waals surface area contributed by atoms with Crippen LogP contribution in [0.3, 0.4) is 0 Å². The van der Waals surface area contributed by atoms with Gasteiger partial charge in [0.25, 0.3) is 0 Å². The summed E-state index contributed by atoms with van der Waals surface area (Å²) in [6, 6.07) is 14.6. The minimum atomic E-state index is -2.54. The predicted octanol–water partition coefficient (Wildman–Crippen LogP) is 4.64. The first-order valence-corrected chi connectivity index (χ1v) is 9.78. The standard InChI is InChI=1S/C20H26O3S/c1-6-22-16-7-11-18(12-8-16)24(5,21)19-13-9-17(10-14-19)23-15-20(2,3)4/h7-14H,5-6,15H2,1-4H3. The molecule has 24 heavy (non-hydrogen) atoms. The van der Waals surface area contributed by atoms with Crippen molar-refractivity contribution in [2.24, 2.45) is 5.41 Å². The highest BCUT2D eigenvalue weighted by Crippen LogP contribution is 2.25. The first kappa shape index (κ1) is 18.4. The molecule has 0 spiro atoms. The molecule has 0 amide bonds. The van der Waals surface area contributed by atoms with E-state index in [1.54, 1.807) is 0 Å². The van der Waals surface area contributed by atoms with E-state index in [0.717, 1.165) is 11.5 Å². The van der Waals surface area contributed by atoms with Crippen LogP contribution in [0.5, 0.6) is 11.5 Å². The number of hydrogen-bond acceptors (Lipinski definition) is 3. The smallest absolute Gasteiger partial charge is 0.119 e. The van der Waals surface area contributed by atoms with Crippen LogP contribution in [0.15, 0.2) is 58.3 Å².